The Labute approximate surface area is 117 Å². The monoisotopic (exact) mass is 278 g/mol. The molecule has 1 atom stereocenters. The van der Waals surface area contributed by atoms with Crippen LogP contribution in [0.15, 0.2) is 18.3 Å². The summed E-state index contributed by atoms with van der Waals surface area (Å²) < 4.78 is 5.78. The molecule has 6 nitrogen and oxygen atoms in total. The highest BCUT2D eigenvalue weighted by molar-refractivity contribution is 5.96. The van der Waals surface area contributed by atoms with Gasteiger partial charge in [0.1, 0.15) is 5.69 Å². The fraction of sp³-hybridized carbons (Fsp3) is 0.500. The van der Waals surface area contributed by atoms with Crippen molar-refractivity contribution in [3.05, 3.63) is 29.6 Å². The summed E-state index contributed by atoms with van der Waals surface area (Å²) >= 11 is 0. The minimum Gasteiger partial charge on any atom is -0.477 e. The Morgan fingerprint density at radius 1 is 1.55 bits per heavy atom. The molecule has 0 spiro atoms. The summed E-state index contributed by atoms with van der Waals surface area (Å²) in [4.78, 5) is 26.4. The van der Waals surface area contributed by atoms with Crippen LogP contribution in [0.25, 0.3) is 0 Å². The molecule has 2 heterocycles. The van der Waals surface area contributed by atoms with Crippen molar-refractivity contribution in [3.63, 3.8) is 0 Å². The molecule has 0 aliphatic carbocycles. The Balaban J connectivity index is 1.92. The van der Waals surface area contributed by atoms with Crippen molar-refractivity contribution in [1.29, 1.82) is 0 Å². The maximum absolute atomic E-state index is 12.0. The van der Waals surface area contributed by atoms with E-state index in [1.54, 1.807) is 0 Å². The molecule has 0 radical (unpaired) electrons. The zero-order chi connectivity index (χ0) is 14.8. The molecular formula is C14H18N2O4. The van der Waals surface area contributed by atoms with Gasteiger partial charge in [-0.3, -0.25) is 4.79 Å². The van der Waals surface area contributed by atoms with Crippen LogP contribution in [-0.2, 0) is 4.74 Å². The lowest BCUT2D eigenvalue weighted by Crippen LogP contribution is -2.33. The Kier molecular flexibility index (Phi) is 4.04. The van der Waals surface area contributed by atoms with Crippen LogP contribution in [0, 0.1) is 0 Å². The number of hydrogen-bond acceptors (Lipinski definition) is 4. The highest BCUT2D eigenvalue weighted by Gasteiger charge is 2.31. The van der Waals surface area contributed by atoms with Crippen LogP contribution >= 0.6 is 0 Å². The van der Waals surface area contributed by atoms with Crippen LogP contribution in [0.2, 0.25) is 0 Å². The van der Waals surface area contributed by atoms with Gasteiger partial charge in [-0.25, -0.2) is 9.78 Å². The van der Waals surface area contributed by atoms with E-state index in [1.165, 1.54) is 18.3 Å². The van der Waals surface area contributed by atoms with E-state index in [2.05, 4.69) is 10.3 Å². The maximum Gasteiger partial charge on any atom is 0.354 e. The van der Waals surface area contributed by atoms with Gasteiger partial charge in [0.15, 0.2) is 0 Å². The summed E-state index contributed by atoms with van der Waals surface area (Å²) in [6.07, 6.45) is 3.19. The molecule has 0 aromatic carbocycles. The van der Waals surface area contributed by atoms with E-state index in [9.17, 15) is 9.59 Å². The van der Waals surface area contributed by atoms with Gasteiger partial charge in [0, 0.05) is 18.3 Å². The van der Waals surface area contributed by atoms with Crippen LogP contribution < -0.4 is 5.32 Å². The second-order valence-corrected chi connectivity index (χ2v) is 5.48. The Bertz CT molecular complexity index is 528. The number of carbonyl (C=O) groups is 2. The van der Waals surface area contributed by atoms with Gasteiger partial charge in [0.2, 0.25) is 0 Å². The van der Waals surface area contributed by atoms with Crippen molar-refractivity contribution < 1.29 is 19.4 Å². The molecule has 6 heteroatoms. The molecule has 20 heavy (non-hydrogen) atoms. The van der Waals surface area contributed by atoms with Gasteiger partial charge in [0.25, 0.3) is 5.91 Å². The molecule has 0 bridgehead atoms. The molecule has 1 aliphatic heterocycles. The second kappa shape index (κ2) is 5.58. The van der Waals surface area contributed by atoms with E-state index in [4.69, 9.17) is 9.84 Å². The van der Waals surface area contributed by atoms with Gasteiger partial charge in [-0.05, 0) is 38.8 Å². The van der Waals surface area contributed by atoms with E-state index in [1.807, 2.05) is 13.8 Å². The zero-order valence-electron chi connectivity index (χ0n) is 11.5. The molecule has 1 unspecified atom stereocenters. The fourth-order valence-electron chi connectivity index (χ4n) is 2.22. The summed E-state index contributed by atoms with van der Waals surface area (Å²) in [6, 6.07) is 2.75. The number of aromatic carboxylic acids is 1. The number of nitrogens with one attached hydrogen (secondary N) is 1. The van der Waals surface area contributed by atoms with E-state index in [0.29, 0.717) is 6.54 Å². The van der Waals surface area contributed by atoms with Crippen LogP contribution in [0.1, 0.15) is 47.5 Å². The number of hydrogen-bond donors (Lipinski definition) is 2. The summed E-state index contributed by atoms with van der Waals surface area (Å²) in [7, 11) is 0. The Hall–Kier alpha value is -1.95. The number of rotatable bonds is 4. The van der Waals surface area contributed by atoms with E-state index in [0.717, 1.165) is 12.8 Å². The van der Waals surface area contributed by atoms with Crippen LogP contribution in [0.4, 0.5) is 0 Å². The van der Waals surface area contributed by atoms with Crippen molar-refractivity contribution in [2.24, 2.45) is 0 Å². The topological polar surface area (TPSA) is 88.5 Å². The lowest BCUT2D eigenvalue weighted by atomic mass is 10.1. The molecule has 2 N–H and O–H groups in total. The first-order valence-corrected chi connectivity index (χ1v) is 6.53. The lowest BCUT2D eigenvalue weighted by molar-refractivity contribution is -0.0138. The number of nitrogens with zero attached hydrogens (tertiary/aromatic N) is 1. The predicted octanol–water partition coefficient (Wildman–Crippen LogP) is 1.47. The third-order valence-corrected chi connectivity index (χ3v) is 3.29. The van der Waals surface area contributed by atoms with Gasteiger partial charge < -0.3 is 15.2 Å². The van der Waals surface area contributed by atoms with Gasteiger partial charge in [0.05, 0.1) is 11.7 Å². The number of aromatic nitrogens is 1. The predicted molar refractivity (Wildman–Crippen MR) is 71.7 cm³/mol. The number of ether oxygens (including phenoxy) is 1. The number of carbonyl (C=O) groups excluding carboxylic acids is 1. The smallest absolute Gasteiger partial charge is 0.354 e. The second-order valence-electron chi connectivity index (χ2n) is 5.48. The molecule has 108 valence electrons. The first-order chi connectivity index (χ1) is 9.37. The largest absolute Gasteiger partial charge is 0.477 e. The van der Waals surface area contributed by atoms with Gasteiger partial charge >= 0.3 is 5.97 Å². The quantitative estimate of drug-likeness (QED) is 0.870. The first-order valence-electron chi connectivity index (χ1n) is 6.53. The van der Waals surface area contributed by atoms with E-state index < -0.39 is 5.97 Å². The molecule has 0 saturated carbocycles. The molecule has 1 amide bonds. The van der Waals surface area contributed by atoms with Crippen molar-refractivity contribution in [2.45, 2.75) is 38.4 Å². The molecule has 1 saturated heterocycles. The fourth-order valence-corrected chi connectivity index (χ4v) is 2.22. The summed E-state index contributed by atoms with van der Waals surface area (Å²) in [6.45, 7) is 4.47. The number of carboxylic acid groups (broad SMARTS) is 1. The molecule has 1 aliphatic rings. The number of carboxylic acids is 1. The van der Waals surface area contributed by atoms with Crippen molar-refractivity contribution in [2.75, 3.05) is 6.54 Å². The third kappa shape index (κ3) is 3.54. The normalized spacial score (nSPS) is 20.6. The average Bonchev–Trinajstić information content (AvgIpc) is 2.75. The maximum atomic E-state index is 12.0. The summed E-state index contributed by atoms with van der Waals surface area (Å²) in [5.41, 5.74) is 0.00766. The van der Waals surface area contributed by atoms with Crippen LogP contribution in [-0.4, -0.2) is 40.2 Å². The van der Waals surface area contributed by atoms with E-state index in [-0.39, 0.29) is 28.9 Å². The zero-order valence-corrected chi connectivity index (χ0v) is 11.5. The van der Waals surface area contributed by atoms with Crippen LogP contribution in [0.5, 0.6) is 0 Å². The SMILES string of the molecule is CC1(C)CCC(CNC(=O)c2ccnc(C(=O)O)c2)O1. The third-order valence-electron chi connectivity index (χ3n) is 3.29. The summed E-state index contributed by atoms with van der Waals surface area (Å²) in [5.74, 6) is -1.47. The molecule has 2 rings (SSSR count). The van der Waals surface area contributed by atoms with Gasteiger partial charge in [-0.2, -0.15) is 0 Å². The van der Waals surface area contributed by atoms with Crippen molar-refractivity contribution in [3.8, 4) is 0 Å². The van der Waals surface area contributed by atoms with Crippen molar-refractivity contribution >= 4 is 11.9 Å². The minimum atomic E-state index is -1.15. The first kappa shape index (κ1) is 14.5. The Morgan fingerprint density at radius 3 is 2.90 bits per heavy atom. The molecule has 1 aromatic rings. The number of amides is 1. The minimum absolute atomic E-state index is 0.00901. The highest BCUT2D eigenvalue weighted by Crippen LogP contribution is 2.28. The standard InChI is InChI=1S/C14H18N2O4/c1-14(2)5-3-10(20-14)8-16-12(17)9-4-6-15-11(7-9)13(18)19/h4,6-7,10H,3,5,8H2,1-2H3,(H,16,17)(H,18,19). The van der Waals surface area contributed by atoms with E-state index >= 15 is 0 Å². The molecular weight excluding hydrogens is 260 g/mol. The molecule has 1 aromatic heterocycles. The van der Waals surface area contributed by atoms with Gasteiger partial charge in [-0.1, -0.05) is 0 Å². The van der Waals surface area contributed by atoms with Crippen molar-refractivity contribution in [1.82, 2.24) is 10.3 Å². The highest BCUT2D eigenvalue weighted by atomic mass is 16.5. The van der Waals surface area contributed by atoms with Crippen LogP contribution in [0.3, 0.4) is 0 Å². The van der Waals surface area contributed by atoms with Gasteiger partial charge in [-0.15, -0.1) is 0 Å². The Morgan fingerprint density at radius 2 is 2.30 bits per heavy atom. The number of pyridine rings is 1. The average molecular weight is 278 g/mol. The summed E-state index contributed by atoms with van der Waals surface area (Å²) in [5, 5.41) is 11.6. The lowest BCUT2D eigenvalue weighted by Gasteiger charge is -2.19. The molecule has 1 fully saturated rings.